The van der Waals surface area contributed by atoms with Gasteiger partial charge in [0.25, 0.3) is 5.91 Å². The number of carbonyl (C=O) groups excluding carboxylic acids is 2. The van der Waals surface area contributed by atoms with Gasteiger partial charge in [-0.05, 0) is 48.7 Å². The van der Waals surface area contributed by atoms with Crippen LogP contribution in [0.15, 0.2) is 71.3 Å². The van der Waals surface area contributed by atoms with Crippen molar-refractivity contribution in [3.05, 3.63) is 83.3 Å². The highest BCUT2D eigenvalue weighted by molar-refractivity contribution is 6.31. The normalized spacial score (nSPS) is 15.0. The van der Waals surface area contributed by atoms with Crippen molar-refractivity contribution in [3.8, 4) is 0 Å². The minimum absolute atomic E-state index is 0.0836. The zero-order valence-electron chi connectivity index (χ0n) is 19.8. The average molecular weight is 506 g/mol. The quantitative estimate of drug-likeness (QED) is 0.368. The first kappa shape index (κ1) is 24.1. The Hall–Kier alpha value is -3.65. The van der Waals surface area contributed by atoms with Gasteiger partial charge in [-0.15, -0.1) is 5.10 Å². The number of amides is 2. The van der Waals surface area contributed by atoms with E-state index in [1.54, 1.807) is 22.9 Å². The Bertz CT molecular complexity index is 1330. The second-order valence-electron chi connectivity index (χ2n) is 9.11. The van der Waals surface area contributed by atoms with Gasteiger partial charge in [-0.1, -0.05) is 66.4 Å². The molecule has 0 radical (unpaired) electrons. The van der Waals surface area contributed by atoms with Crippen LogP contribution >= 0.6 is 11.6 Å². The van der Waals surface area contributed by atoms with Crippen LogP contribution in [0.2, 0.25) is 5.02 Å². The van der Waals surface area contributed by atoms with Crippen molar-refractivity contribution in [3.63, 3.8) is 0 Å². The van der Waals surface area contributed by atoms with Crippen molar-refractivity contribution in [2.24, 2.45) is 0 Å². The number of nitrogens with zero attached hydrogens (tertiary/aromatic N) is 4. The van der Waals surface area contributed by atoms with E-state index in [2.05, 4.69) is 15.6 Å². The Labute approximate surface area is 214 Å². The molecule has 2 aromatic heterocycles. The van der Waals surface area contributed by atoms with Crippen LogP contribution in [-0.2, 0) is 22.7 Å². The maximum atomic E-state index is 13.9. The summed E-state index contributed by atoms with van der Waals surface area (Å²) in [5, 5.41) is 12.0. The van der Waals surface area contributed by atoms with E-state index in [9.17, 15) is 9.59 Å². The van der Waals surface area contributed by atoms with Gasteiger partial charge in [-0.25, -0.2) is 4.68 Å². The van der Waals surface area contributed by atoms with Gasteiger partial charge in [-0.2, -0.15) is 0 Å². The van der Waals surface area contributed by atoms with Crippen molar-refractivity contribution in [2.45, 2.75) is 57.3 Å². The molecular weight excluding hydrogens is 478 g/mol. The Morgan fingerprint density at radius 2 is 1.83 bits per heavy atom. The third kappa shape index (κ3) is 5.28. The third-order valence-electron chi connectivity index (χ3n) is 6.65. The maximum Gasteiger partial charge on any atom is 0.250 e. The highest BCUT2D eigenvalue weighted by Crippen LogP contribution is 2.28. The fraction of sp³-hybridized carbons (Fsp3) is 0.333. The van der Waals surface area contributed by atoms with Crippen LogP contribution in [0.25, 0.3) is 11.0 Å². The lowest BCUT2D eigenvalue weighted by Gasteiger charge is -2.32. The predicted octanol–water partition coefficient (Wildman–Crippen LogP) is 4.90. The number of furan rings is 1. The Balaban J connectivity index is 1.49. The van der Waals surface area contributed by atoms with Gasteiger partial charge >= 0.3 is 0 Å². The first-order valence-corrected chi connectivity index (χ1v) is 12.6. The lowest BCUT2D eigenvalue weighted by molar-refractivity contribution is -0.143. The Morgan fingerprint density at radius 3 is 2.61 bits per heavy atom. The summed E-state index contributed by atoms with van der Waals surface area (Å²) >= 11 is 6.47. The minimum Gasteiger partial charge on any atom is -0.467 e. The first-order chi connectivity index (χ1) is 17.6. The molecule has 1 N–H and O–H groups in total. The standard InChI is InChI=1S/C27H28ClN5O3/c28-21-12-5-4-9-19(21)17-32(25(34)18-33-23-14-7-6-13-22(23)30-31-33)26(24-15-8-16-36-24)27(35)29-20-10-2-1-3-11-20/h4-9,12-16,20,26H,1-3,10-11,17-18H2,(H,29,35). The van der Waals surface area contributed by atoms with Crippen LogP contribution in [0.3, 0.4) is 0 Å². The van der Waals surface area contributed by atoms with Crippen molar-refractivity contribution in [1.29, 1.82) is 0 Å². The number of benzene rings is 2. The summed E-state index contributed by atoms with van der Waals surface area (Å²) < 4.78 is 7.24. The summed E-state index contributed by atoms with van der Waals surface area (Å²) in [5.41, 5.74) is 2.17. The van der Waals surface area contributed by atoms with Crippen molar-refractivity contribution < 1.29 is 14.0 Å². The first-order valence-electron chi connectivity index (χ1n) is 12.2. The molecule has 1 aliphatic rings. The molecule has 9 heteroatoms. The predicted molar refractivity (Wildman–Crippen MR) is 136 cm³/mol. The van der Waals surface area contributed by atoms with E-state index in [-0.39, 0.29) is 30.9 Å². The number of para-hydroxylation sites is 1. The topological polar surface area (TPSA) is 93.3 Å². The molecule has 2 heterocycles. The molecule has 8 nitrogen and oxygen atoms in total. The average Bonchev–Trinajstić information content (AvgIpc) is 3.56. The lowest BCUT2D eigenvalue weighted by atomic mass is 9.95. The second kappa shape index (κ2) is 11.0. The molecule has 2 amide bonds. The van der Waals surface area contributed by atoms with E-state index in [1.807, 2.05) is 42.5 Å². The molecule has 2 aromatic carbocycles. The molecule has 0 spiro atoms. The molecule has 0 aliphatic heterocycles. The lowest BCUT2D eigenvalue weighted by Crippen LogP contribution is -2.47. The van der Waals surface area contributed by atoms with Crippen LogP contribution in [0.5, 0.6) is 0 Å². The number of halogens is 1. The van der Waals surface area contributed by atoms with E-state index in [4.69, 9.17) is 16.0 Å². The van der Waals surface area contributed by atoms with E-state index in [1.165, 1.54) is 17.6 Å². The molecule has 1 unspecified atom stereocenters. The number of hydrogen-bond acceptors (Lipinski definition) is 5. The van der Waals surface area contributed by atoms with Gasteiger partial charge in [-0.3, -0.25) is 9.59 Å². The van der Waals surface area contributed by atoms with Crippen LogP contribution < -0.4 is 5.32 Å². The maximum absolute atomic E-state index is 13.9. The van der Waals surface area contributed by atoms with E-state index in [0.717, 1.165) is 36.8 Å². The summed E-state index contributed by atoms with van der Waals surface area (Å²) in [7, 11) is 0. The largest absolute Gasteiger partial charge is 0.467 e. The molecule has 186 valence electrons. The monoisotopic (exact) mass is 505 g/mol. The number of rotatable bonds is 8. The summed E-state index contributed by atoms with van der Waals surface area (Å²) in [5.74, 6) is -0.168. The van der Waals surface area contributed by atoms with E-state index in [0.29, 0.717) is 16.3 Å². The number of fused-ring (bicyclic) bond motifs is 1. The Kier molecular flexibility index (Phi) is 7.32. The highest BCUT2D eigenvalue weighted by Gasteiger charge is 2.35. The summed E-state index contributed by atoms with van der Waals surface area (Å²) in [6.45, 7) is 0.0491. The molecule has 0 saturated heterocycles. The van der Waals surface area contributed by atoms with Gasteiger partial charge in [0.15, 0.2) is 6.04 Å². The molecular formula is C27H28ClN5O3. The van der Waals surface area contributed by atoms with Gasteiger partial charge in [0, 0.05) is 17.6 Å². The smallest absolute Gasteiger partial charge is 0.250 e. The molecule has 1 aliphatic carbocycles. The van der Waals surface area contributed by atoms with Crippen molar-refractivity contribution in [2.75, 3.05) is 0 Å². The summed E-state index contributed by atoms with van der Waals surface area (Å²) in [6, 6.07) is 17.3. The fourth-order valence-electron chi connectivity index (χ4n) is 4.78. The number of aromatic nitrogens is 3. The molecule has 5 rings (SSSR count). The van der Waals surface area contributed by atoms with E-state index < -0.39 is 6.04 Å². The van der Waals surface area contributed by atoms with Crippen LogP contribution in [0.4, 0.5) is 0 Å². The molecule has 1 saturated carbocycles. The Morgan fingerprint density at radius 1 is 1.06 bits per heavy atom. The number of hydrogen-bond donors (Lipinski definition) is 1. The molecule has 4 aromatic rings. The molecule has 0 bridgehead atoms. The van der Waals surface area contributed by atoms with E-state index >= 15 is 0 Å². The van der Waals surface area contributed by atoms with Gasteiger partial charge in [0.2, 0.25) is 5.91 Å². The molecule has 1 atom stereocenters. The third-order valence-corrected chi connectivity index (χ3v) is 7.02. The zero-order valence-corrected chi connectivity index (χ0v) is 20.6. The van der Waals surface area contributed by atoms with Crippen LogP contribution in [0, 0.1) is 0 Å². The zero-order chi connectivity index (χ0) is 24.9. The van der Waals surface area contributed by atoms with Crippen molar-refractivity contribution >= 4 is 34.4 Å². The van der Waals surface area contributed by atoms with Crippen LogP contribution in [-0.4, -0.2) is 37.7 Å². The summed E-state index contributed by atoms with van der Waals surface area (Å²) in [4.78, 5) is 29.1. The van der Waals surface area contributed by atoms with Gasteiger partial charge in [0.1, 0.15) is 17.8 Å². The number of nitrogens with one attached hydrogen (secondary N) is 1. The molecule has 1 fully saturated rings. The highest BCUT2D eigenvalue weighted by atomic mass is 35.5. The van der Waals surface area contributed by atoms with Crippen LogP contribution in [0.1, 0.15) is 49.5 Å². The number of carbonyl (C=O) groups is 2. The SMILES string of the molecule is O=C(NC1CCCCC1)C(c1ccco1)N(Cc1ccccc1Cl)C(=O)Cn1nnc2ccccc21. The second-order valence-corrected chi connectivity index (χ2v) is 9.52. The van der Waals surface area contributed by atoms with Gasteiger partial charge in [0.05, 0.1) is 11.8 Å². The fourth-order valence-corrected chi connectivity index (χ4v) is 4.98. The molecule has 36 heavy (non-hydrogen) atoms. The minimum atomic E-state index is -0.958. The summed E-state index contributed by atoms with van der Waals surface area (Å²) in [6.07, 6.45) is 6.71. The van der Waals surface area contributed by atoms with Crippen molar-refractivity contribution in [1.82, 2.24) is 25.2 Å². The van der Waals surface area contributed by atoms with Gasteiger partial charge < -0.3 is 14.6 Å².